The summed E-state index contributed by atoms with van der Waals surface area (Å²) >= 11 is 0. The maximum atomic E-state index is 10.8. The minimum atomic E-state index is -0.871. The fourth-order valence-electron chi connectivity index (χ4n) is 1.80. The number of hydrogen-bond acceptors (Lipinski definition) is 2. The van der Waals surface area contributed by atoms with Crippen LogP contribution >= 0.6 is 0 Å². The molecule has 1 aromatic rings. The van der Waals surface area contributed by atoms with E-state index in [0.717, 1.165) is 30.3 Å². The van der Waals surface area contributed by atoms with Gasteiger partial charge < -0.3 is 15.4 Å². The Balaban J connectivity index is 2.32. The molecule has 1 aromatic heterocycles. The van der Waals surface area contributed by atoms with Crippen molar-refractivity contribution in [1.82, 2.24) is 10.3 Å². The zero-order chi connectivity index (χ0) is 12.8. The Morgan fingerprint density at radius 3 is 2.76 bits per heavy atom. The lowest BCUT2D eigenvalue weighted by atomic mass is 10.1. The highest BCUT2D eigenvalue weighted by Gasteiger charge is 2.10. The highest BCUT2D eigenvalue weighted by Crippen LogP contribution is 2.10. The van der Waals surface area contributed by atoms with E-state index in [4.69, 9.17) is 5.11 Å². The van der Waals surface area contributed by atoms with E-state index in [1.54, 1.807) is 13.0 Å². The zero-order valence-corrected chi connectivity index (χ0v) is 10.8. The lowest BCUT2D eigenvalue weighted by Crippen LogP contribution is -2.15. The van der Waals surface area contributed by atoms with Crippen molar-refractivity contribution in [2.45, 2.75) is 40.2 Å². The van der Waals surface area contributed by atoms with Gasteiger partial charge in [0.2, 0.25) is 0 Å². The van der Waals surface area contributed by atoms with Gasteiger partial charge in [0.1, 0.15) is 0 Å². The SMILES string of the molecule is Cc1[nH]c(CNCCCC(C)C)cc1C(=O)O. The van der Waals surface area contributed by atoms with Crippen molar-refractivity contribution in [3.63, 3.8) is 0 Å². The van der Waals surface area contributed by atoms with Crippen LogP contribution in [0.25, 0.3) is 0 Å². The molecule has 0 aliphatic rings. The number of carboxylic acids is 1. The van der Waals surface area contributed by atoms with Gasteiger partial charge in [0, 0.05) is 17.9 Å². The smallest absolute Gasteiger partial charge is 0.337 e. The molecule has 0 aliphatic heterocycles. The molecule has 0 aromatic carbocycles. The summed E-state index contributed by atoms with van der Waals surface area (Å²) in [5, 5.41) is 12.2. The first-order valence-corrected chi connectivity index (χ1v) is 6.13. The summed E-state index contributed by atoms with van der Waals surface area (Å²) in [6.45, 7) is 7.89. The number of aryl methyl sites for hydroxylation is 1. The van der Waals surface area contributed by atoms with E-state index < -0.39 is 5.97 Å². The van der Waals surface area contributed by atoms with Crippen molar-refractivity contribution >= 4 is 5.97 Å². The van der Waals surface area contributed by atoms with Crippen molar-refractivity contribution in [3.8, 4) is 0 Å². The molecule has 1 rings (SSSR count). The van der Waals surface area contributed by atoms with E-state index in [1.807, 2.05) is 0 Å². The van der Waals surface area contributed by atoms with E-state index >= 15 is 0 Å². The Bertz CT molecular complexity index is 369. The number of carbonyl (C=O) groups is 1. The van der Waals surface area contributed by atoms with Gasteiger partial charge in [-0.1, -0.05) is 13.8 Å². The minimum Gasteiger partial charge on any atom is -0.478 e. The first-order chi connectivity index (χ1) is 8.00. The lowest BCUT2D eigenvalue weighted by Gasteiger charge is -2.05. The maximum absolute atomic E-state index is 10.8. The second-order valence-corrected chi connectivity index (χ2v) is 4.85. The average Bonchev–Trinajstić information content (AvgIpc) is 2.59. The molecule has 0 saturated heterocycles. The molecule has 0 atom stereocenters. The van der Waals surface area contributed by atoms with Crippen molar-refractivity contribution in [2.75, 3.05) is 6.54 Å². The van der Waals surface area contributed by atoms with Gasteiger partial charge in [0.25, 0.3) is 0 Å². The van der Waals surface area contributed by atoms with Gasteiger partial charge in [0.15, 0.2) is 0 Å². The number of aromatic carboxylic acids is 1. The van der Waals surface area contributed by atoms with Crippen LogP contribution in [-0.4, -0.2) is 22.6 Å². The largest absolute Gasteiger partial charge is 0.478 e. The molecule has 1 heterocycles. The Morgan fingerprint density at radius 2 is 2.24 bits per heavy atom. The average molecular weight is 238 g/mol. The van der Waals surface area contributed by atoms with Crippen LogP contribution in [0.5, 0.6) is 0 Å². The number of aromatic nitrogens is 1. The van der Waals surface area contributed by atoms with Crippen LogP contribution in [0.4, 0.5) is 0 Å². The molecule has 4 heteroatoms. The van der Waals surface area contributed by atoms with Crippen LogP contribution < -0.4 is 5.32 Å². The van der Waals surface area contributed by atoms with Crippen molar-refractivity contribution in [3.05, 3.63) is 23.0 Å². The Kier molecular flexibility index (Phi) is 5.22. The van der Waals surface area contributed by atoms with Gasteiger partial charge in [-0.05, 0) is 38.3 Å². The fraction of sp³-hybridized carbons (Fsp3) is 0.615. The summed E-state index contributed by atoms with van der Waals surface area (Å²) in [5.74, 6) is -0.132. The Labute approximate surface area is 102 Å². The fourth-order valence-corrected chi connectivity index (χ4v) is 1.80. The van der Waals surface area contributed by atoms with Gasteiger partial charge >= 0.3 is 5.97 Å². The summed E-state index contributed by atoms with van der Waals surface area (Å²) < 4.78 is 0. The molecule has 3 N–H and O–H groups in total. The summed E-state index contributed by atoms with van der Waals surface area (Å²) in [7, 11) is 0. The first kappa shape index (κ1) is 13.8. The van der Waals surface area contributed by atoms with E-state index in [-0.39, 0.29) is 0 Å². The van der Waals surface area contributed by atoms with Crippen LogP contribution in [0.1, 0.15) is 48.4 Å². The van der Waals surface area contributed by atoms with Crippen LogP contribution in [0.15, 0.2) is 6.07 Å². The highest BCUT2D eigenvalue weighted by molar-refractivity contribution is 5.89. The molecule has 17 heavy (non-hydrogen) atoms. The van der Waals surface area contributed by atoms with Crippen molar-refractivity contribution < 1.29 is 9.90 Å². The number of nitrogens with one attached hydrogen (secondary N) is 2. The molecule has 0 unspecified atom stereocenters. The van der Waals surface area contributed by atoms with Crippen molar-refractivity contribution in [1.29, 1.82) is 0 Å². The molecular weight excluding hydrogens is 216 g/mol. The molecule has 0 radical (unpaired) electrons. The van der Waals surface area contributed by atoms with Gasteiger partial charge in [-0.15, -0.1) is 0 Å². The summed E-state index contributed by atoms with van der Waals surface area (Å²) in [5.41, 5.74) is 2.02. The Morgan fingerprint density at radius 1 is 1.53 bits per heavy atom. The second-order valence-electron chi connectivity index (χ2n) is 4.85. The molecular formula is C13H22N2O2. The summed E-state index contributed by atoms with van der Waals surface area (Å²) in [6, 6.07) is 1.70. The molecule has 0 spiro atoms. The van der Waals surface area contributed by atoms with E-state index in [2.05, 4.69) is 24.1 Å². The van der Waals surface area contributed by atoms with Gasteiger partial charge in [-0.3, -0.25) is 0 Å². The molecule has 0 bridgehead atoms. The van der Waals surface area contributed by atoms with Gasteiger partial charge in [-0.2, -0.15) is 0 Å². The quantitative estimate of drug-likeness (QED) is 0.640. The predicted molar refractivity (Wildman–Crippen MR) is 68.3 cm³/mol. The normalized spacial score (nSPS) is 11.1. The van der Waals surface area contributed by atoms with E-state index in [0.29, 0.717) is 12.1 Å². The molecule has 0 saturated carbocycles. The number of aromatic amines is 1. The Hall–Kier alpha value is -1.29. The van der Waals surface area contributed by atoms with Gasteiger partial charge in [-0.25, -0.2) is 4.79 Å². The third-order valence-corrected chi connectivity index (χ3v) is 2.75. The molecule has 4 nitrogen and oxygen atoms in total. The topological polar surface area (TPSA) is 65.1 Å². The number of H-pyrrole nitrogens is 1. The predicted octanol–water partition coefficient (Wildman–Crippen LogP) is 2.55. The van der Waals surface area contributed by atoms with Crippen molar-refractivity contribution in [2.24, 2.45) is 5.92 Å². The number of hydrogen-bond donors (Lipinski definition) is 3. The lowest BCUT2D eigenvalue weighted by molar-refractivity contribution is 0.0696. The minimum absolute atomic E-state index is 0.365. The van der Waals surface area contributed by atoms with Gasteiger partial charge in [0.05, 0.1) is 5.56 Å². The third-order valence-electron chi connectivity index (χ3n) is 2.75. The molecule has 0 fully saturated rings. The van der Waals surface area contributed by atoms with Crippen LogP contribution in [-0.2, 0) is 6.54 Å². The maximum Gasteiger partial charge on any atom is 0.337 e. The standard InChI is InChI=1S/C13H22N2O2/c1-9(2)5-4-6-14-8-11-7-12(13(16)17)10(3)15-11/h7,9,14-15H,4-6,8H2,1-3H3,(H,16,17). The summed E-state index contributed by atoms with van der Waals surface area (Å²) in [4.78, 5) is 13.9. The van der Waals surface area contributed by atoms with Crippen LogP contribution in [0.2, 0.25) is 0 Å². The van der Waals surface area contributed by atoms with Crippen LogP contribution in [0, 0.1) is 12.8 Å². The van der Waals surface area contributed by atoms with E-state index in [1.165, 1.54) is 6.42 Å². The monoisotopic (exact) mass is 238 g/mol. The third kappa shape index (κ3) is 4.61. The van der Waals surface area contributed by atoms with Crippen LogP contribution in [0.3, 0.4) is 0 Å². The molecule has 0 amide bonds. The first-order valence-electron chi connectivity index (χ1n) is 6.13. The highest BCUT2D eigenvalue weighted by atomic mass is 16.4. The number of rotatable bonds is 7. The second kappa shape index (κ2) is 6.45. The molecule has 0 aliphatic carbocycles. The zero-order valence-electron chi connectivity index (χ0n) is 10.8. The molecule has 96 valence electrons. The summed E-state index contributed by atoms with van der Waals surface area (Å²) in [6.07, 6.45) is 2.38. The number of carboxylic acid groups (broad SMARTS) is 1. The van der Waals surface area contributed by atoms with E-state index in [9.17, 15) is 4.79 Å².